The smallest absolute Gasteiger partial charge is 0.323 e. The number of rotatable bonds is 5. The first kappa shape index (κ1) is 10.5. The summed E-state index contributed by atoms with van der Waals surface area (Å²) in [5.41, 5.74) is -0.774. The van der Waals surface area contributed by atoms with E-state index < -0.39 is 11.5 Å². The van der Waals surface area contributed by atoms with Gasteiger partial charge < -0.3 is 10.4 Å². The van der Waals surface area contributed by atoms with Crippen molar-refractivity contribution >= 4 is 5.97 Å². The first-order valence-electron chi connectivity index (χ1n) is 5.01. The molecule has 1 fully saturated rings. The highest BCUT2D eigenvalue weighted by Crippen LogP contribution is 2.28. The van der Waals surface area contributed by atoms with Crippen molar-refractivity contribution in [2.24, 2.45) is 5.92 Å². The Hall–Kier alpha value is -0.570. The maximum atomic E-state index is 10.7. The van der Waals surface area contributed by atoms with Crippen LogP contribution in [0.1, 0.15) is 39.5 Å². The van der Waals surface area contributed by atoms with Crippen molar-refractivity contribution in [2.45, 2.75) is 45.1 Å². The number of carboxylic acids is 1. The molecule has 0 radical (unpaired) electrons. The van der Waals surface area contributed by atoms with Crippen LogP contribution in [0, 0.1) is 5.92 Å². The third-order valence-corrected chi connectivity index (χ3v) is 2.88. The van der Waals surface area contributed by atoms with E-state index in [2.05, 4.69) is 5.32 Å². The number of aliphatic carboxylic acids is 1. The number of hydrogen-bond acceptors (Lipinski definition) is 2. The lowest BCUT2D eigenvalue weighted by molar-refractivity contribution is -0.143. The van der Waals surface area contributed by atoms with Crippen LogP contribution in [0.2, 0.25) is 0 Å². The lowest BCUT2D eigenvalue weighted by atomic mass is 9.83. The molecule has 0 saturated heterocycles. The minimum atomic E-state index is -0.777. The van der Waals surface area contributed by atoms with E-state index in [0.29, 0.717) is 0 Å². The van der Waals surface area contributed by atoms with Gasteiger partial charge in [0.05, 0.1) is 0 Å². The van der Waals surface area contributed by atoms with Gasteiger partial charge in [0.1, 0.15) is 5.54 Å². The maximum absolute atomic E-state index is 10.7. The van der Waals surface area contributed by atoms with Crippen molar-refractivity contribution < 1.29 is 9.90 Å². The van der Waals surface area contributed by atoms with E-state index in [1.54, 1.807) is 13.8 Å². The monoisotopic (exact) mass is 185 g/mol. The van der Waals surface area contributed by atoms with Gasteiger partial charge in [0.2, 0.25) is 0 Å². The standard InChI is InChI=1S/C10H19NO2/c1-10(2,9(12)13)11-7-6-8-4-3-5-8/h8,11H,3-7H2,1-2H3,(H,12,13). The molecule has 1 aliphatic rings. The van der Waals surface area contributed by atoms with Crippen LogP contribution in [-0.2, 0) is 4.79 Å². The van der Waals surface area contributed by atoms with E-state index in [1.807, 2.05) is 0 Å². The quantitative estimate of drug-likeness (QED) is 0.684. The zero-order valence-electron chi connectivity index (χ0n) is 8.47. The highest BCUT2D eigenvalue weighted by molar-refractivity contribution is 5.77. The van der Waals surface area contributed by atoms with Gasteiger partial charge in [-0.1, -0.05) is 19.3 Å². The Bertz CT molecular complexity index is 185. The van der Waals surface area contributed by atoms with Crippen LogP contribution in [0.25, 0.3) is 0 Å². The number of hydrogen-bond donors (Lipinski definition) is 2. The molecule has 1 rings (SSSR count). The van der Waals surface area contributed by atoms with Gasteiger partial charge in [0.15, 0.2) is 0 Å². The van der Waals surface area contributed by atoms with Gasteiger partial charge in [-0.2, -0.15) is 0 Å². The molecule has 13 heavy (non-hydrogen) atoms. The second kappa shape index (κ2) is 4.09. The zero-order valence-corrected chi connectivity index (χ0v) is 8.47. The molecule has 2 N–H and O–H groups in total. The van der Waals surface area contributed by atoms with Crippen LogP contribution in [-0.4, -0.2) is 23.2 Å². The highest BCUT2D eigenvalue weighted by atomic mass is 16.4. The molecule has 0 amide bonds. The van der Waals surface area contributed by atoms with Crippen molar-refractivity contribution in [1.29, 1.82) is 0 Å². The third kappa shape index (κ3) is 2.99. The maximum Gasteiger partial charge on any atom is 0.323 e. The van der Waals surface area contributed by atoms with E-state index in [0.717, 1.165) is 18.9 Å². The Balaban J connectivity index is 2.13. The van der Waals surface area contributed by atoms with Crippen LogP contribution < -0.4 is 5.32 Å². The van der Waals surface area contributed by atoms with Crippen molar-refractivity contribution in [3.8, 4) is 0 Å². The Morgan fingerprint density at radius 3 is 2.54 bits per heavy atom. The zero-order chi connectivity index (χ0) is 9.90. The molecule has 1 aliphatic carbocycles. The molecule has 3 heteroatoms. The topological polar surface area (TPSA) is 49.3 Å². The van der Waals surface area contributed by atoms with Crippen LogP contribution >= 0.6 is 0 Å². The summed E-state index contributed by atoms with van der Waals surface area (Å²) < 4.78 is 0. The van der Waals surface area contributed by atoms with Crippen LogP contribution in [0.4, 0.5) is 0 Å². The Morgan fingerprint density at radius 1 is 1.54 bits per heavy atom. The fourth-order valence-corrected chi connectivity index (χ4v) is 1.45. The van der Waals surface area contributed by atoms with Crippen molar-refractivity contribution in [3.05, 3.63) is 0 Å². The lowest BCUT2D eigenvalue weighted by Crippen LogP contribution is -2.47. The van der Waals surface area contributed by atoms with E-state index in [9.17, 15) is 4.79 Å². The molecule has 0 spiro atoms. The molecule has 0 aromatic carbocycles. The summed E-state index contributed by atoms with van der Waals surface area (Å²) >= 11 is 0. The molecule has 0 aromatic heterocycles. The highest BCUT2D eigenvalue weighted by Gasteiger charge is 2.26. The fourth-order valence-electron chi connectivity index (χ4n) is 1.45. The first-order valence-corrected chi connectivity index (χ1v) is 5.01. The molecular weight excluding hydrogens is 166 g/mol. The summed E-state index contributed by atoms with van der Waals surface area (Å²) in [4.78, 5) is 10.7. The van der Waals surface area contributed by atoms with Gasteiger partial charge in [-0.15, -0.1) is 0 Å². The van der Waals surface area contributed by atoms with Gasteiger partial charge in [0.25, 0.3) is 0 Å². The van der Waals surface area contributed by atoms with Gasteiger partial charge >= 0.3 is 5.97 Å². The van der Waals surface area contributed by atoms with Crippen LogP contribution in [0.15, 0.2) is 0 Å². The minimum absolute atomic E-state index is 0.774. The van der Waals surface area contributed by atoms with Gasteiger partial charge in [-0.25, -0.2) is 0 Å². The first-order chi connectivity index (χ1) is 6.02. The second-order valence-corrected chi connectivity index (χ2v) is 4.44. The van der Waals surface area contributed by atoms with E-state index in [4.69, 9.17) is 5.11 Å². The predicted molar refractivity (Wildman–Crippen MR) is 51.7 cm³/mol. The van der Waals surface area contributed by atoms with E-state index in [-0.39, 0.29) is 0 Å². The number of carboxylic acid groups (broad SMARTS) is 1. The van der Waals surface area contributed by atoms with Crippen molar-refractivity contribution in [3.63, 3.8) is 0 Å². The third-order valence-electron chi connectivity index (χ3n) is 2.88. The molecule has 0 atom stereocenters. The molecule has 3 nitrogen and oxygen atoms in total. The Morgan fingerprint density at radius 2 is 2.15 bits per heavy atom. The van der Waals surface area contributed by atoms with Crippen LogP contribution in [0.3, 0.4) is 0 Å². The summed E-state index contributed by atoms with van der Waals surface area (Å²) in [6, 6.07) is 0. The molecule has 0 aromatic rings. The average Bonchev–Trinajstić information content (AvgIpc) is 1.94. The Kier molecular flexibility index (Phi) is 3.31. The molecule has 0 bridgehead atoms. The largest absolute Gasteiger partial charge is 0.480 e. The van der Waals surface area contributed by atoms with E-state index in [1.165, 1.54) is 19.3 Å². The van der Waals surface area contributed by atoms with Crippen molar-refractivity contribution in [2.75, 3.05) is 6.54 Å². The number of carbonyl (C=O) groups is 1. The summed E-state index contributed by atoms with van der Waals surface area (Å²) in [5, 5.41) is 11.9. The molecular formula is C10H19NO2. The SMILES string of the molecule is CC(C)(NCCC1CCC1)C(=O)O. The summed E-state index contributed by atoms with van der Waals surface area (Å²) in [6.07, 6.45) is 5.13. The Labute approximate surface area is 79.5 Å². The molecule has 0 heterocycles. The van der Waals surface area contributed by atoms with Gasteiger partial charge in [-0.3, -0.25) is 4.79 Å². The average molecular weight is 185 g/mol. The predicted octanol–water partition coefficient (Wildman–Crippen LogP) is 1.63. The van der Waals surface area contributed by atoms with Crippen molar-refractivity contribution in [1.82, 2.24) is 5.32 Å². The molecule has 1 saturated carbocycles. The number of nitrogens with one attached hydrogen (secondary N) is 1. The summed E-state index contributed by atoms with van der Waals surface area (Å²) in [5.74, 6) is 0.0678. The molecule has 76 valence electrons. The lowest BCUT2D eigenvalue weighted by Gasteiger charge is -2.27. The van der Waals surface area contributed by atoms with Crippen LogP contribution in [0.5, 0.6) is 0 Å². The molecule has 0 aliphatic heterocycles. The summed E-state index contributed by atoms with van der Waals surface area (Å²) in [6.45, 7) is 4.23. The summed E-state index contributed by atoms with van der Waals surface area (Å²) in [7, 11) is 0. The minimum Gasteiger partial charge on any atom is -0.480 e. The van der Waals surface area contributed by atoms with Gasteiger partial charge in [0, 0.05) is 0 Å². The molecule has 0 unspecified atom stereocenters. The second-order valence-electron chi connectivity index (χ2n) is 4.44. The van der Waals surface area contributed by atoms with Gasteiger partial charge in [-0.05, 0) is 32.7 Å². The fraction of sp³-hybridized carbons (Fsp3) is 0.900. The van der Waals surface area contributed by atoms with E-state index >= 15 is 0 Å². The normalized spacial score (nSPS) is 18.3.